The molecule has 0 radical (unpaired) electrons. The number of amides is 1. The molecule has 0 N–H and O–H groups in total. The molecule has 1 amide bonds. The quantitative estimate of drug-likeness (QED) is 0.162. The number of carbonyl (C=O) groups is 1. The Balaban J connectivity index is 1.39. The zero-order valence-electron chi connectivity index (χ0n) is 21.5. The molecular formula is C31H25ClN2O4S2. The second kappa shape index (κ2) is 12.1. The lowest BCUT2D eigenvalue weighted by Crippen LogP contribution is -2.28. The number of aliphatic imine (C=N–C) groups is 1. The number of nitrogens with zero attached hydrogens (tertiary/aromatic N) is 2. The first-order chi connectivity index (χ1) is 19.3. The molecule has 0 bridgehead atoms. The van der Waals surface area contributed by atoms with Crippen LogP contribution in [0.25, 0.3) is 6.08 Å². The fourth-order valence-electron chi connectivity index (χ4n) is 3.97. The minimum atomic E-state index is -4.05. The van der Waals surface area contributed by atoms with Crippen LogP contribution in [0.5, 0.6) is 5.75 Å². The van der Waals surface area contributed by atoms with Crippen LogP contribution in [0.4, 0.5) is 0 Å². The second-order valence-corrected chi connectivity index (χ2v) is 12.1. The Morgan fingerprint density at radius 3 is 2.20 bits per heavy atom. The van der Waals surface area contributed by atoms with Crippen LogP contribution in [0.3, 0.4) is 0 Å². The highest BCUT2D eigenvalue weighted by Crippen LogP contribution is 2.35. The zero-order valence-corrected chi connectivity index (χ0v) is 23.9. The molecule has 1 aliphatic rings. The molecule has 0 spiro atoms. The van der Waals surface area contributed by atoms with E-state index in [-0.39, 0.29) is 21.6 Å². The van der Waals surface area contributed by atoms with Crippen LogP contribution in [0, 0.1) is 6.92 Å². The van der Waals surface area contributed by atoms with E-state index in [4.69, 9.17) is 20.8 Å². The van der Waals surface area contributed by atoms with E-state index in [9.17, 15) is 13.2 Å². The predicted octanol–water partition coefficient (Wildman–Crippen LogP) is 7.09. The number of rotatable bonds is 8. The first-order valence-electron chi connectivity index (χ1n) is 12.4. The second-order valence-electron chi connectivity index (χ2n) is 9.11. The molecule has 0 aliphatic carbocycles. The van der Waals surface area contributed by atoms with Crippen molar-refractivity contribution < 1.29 is 17.4 Å². The van der Waals surface area contributed by atoms with Crippen LogP contribution in [0.2, 0.25) is 5.02 Å². The lowest BCUT2D eigenvalue weighted by molar-refractivity contribution is -0.122. The summed E-state index contributed by atoms with van der Waals surface area (Å²) < 4.78 is 30.7. The molecule has 202 valence electrons. The van der Waals surface area contributed by atoms with Gasteiger partial charge in [-0.2, -0.15) is 8.42 Å². The Bertz CT molecular complexity index is 1690. The third-order valence-electron chi connectivity index (χ3n) is 6.07. The predicted molar refractivity (Wildman–Crippen MR) is 161 cm³/mol. The van der Waals surface area contributed by atoms with Gasteiger partial charge in [0, 0.05) is 0 Å². The minimum absolute atomic E-state index is 0.00519. The van der Waals surface area contributed by atoms with Gasteiger partial charge in [0.25, 0.3) is 5.91 Å². The van der Waals surface area contributed by atoms with Gasteiger partial charge < -0.3 is 4.18 Å². The molecule has 0 saturated carbocycles. The van der Waals surface area contributed by atoms with Crippen molar-refractivity contribution in [2.45, 2.75) is 24.9 Å². The lowest BCUT2D eigenvalue weighted by Gasteiger charge is -2.15. The maximum atomic E-state index is 13.5. The van der Waals surface area contributed by atoms with Crippen LogP contribution in [-0.4, -0.2) is 24.4 Å². The van der Waals surface area contributed by atoms with Gasteiger partial charge in [0.05, 0.1) is 23.0 Å². The average molecular weight is 589 g/mol. The van der Waals surface area contributed by atoms with Gasteiger partial charge in [0.15, 0.2) is 10.9 Å². The van der Waals surface area contributed by atoms with Gasteiger partial charge in [0.1, 0.15) is 4.90 Å². The highest BCUT2D eigenvalue weighted by Gasteiger charge is 2.33. The Hall–Kier alpha value is -3.85. The van der Waals surface area contributed by atoms with E-state index in [2.05, 4.69) is 0 Å². The minimum Gasteiger partial charge on any atom is -0.377 e. The van der Waals surface area contributed by atoms with E-state index in [1.54, 1.807) is 35.2 Å². The summed E-state index contributed by atoms with van der Waals surface area (Å²) in [6, 6.07) is 30.7. The molecule has 1 saturated heterocycles. The smallest absolute Gasteiger partial charge is 0.339 e. The maximum absolute atomic E-state index is 13.5. The van der Waals surface area contributed by atoms with Gasteiger partial charge in [-0.1, -0.05) is 96.0 Å². The molecule has 0 atom stereocenters. The van der Waals surface area contributed by atoms with E-state index in [0.29, 0.717) is 28.7 Å². The van der Waals surface area contributed by atoms with Gasteiger partial charge >= 0.3 is 10.1 Å². The van der Waals surface area contributed by atoms with E-state index in [0.717, 1.165) is 16.7 Å². The molecule has 40 heavy (non-hydrogen) atoms. The van der Waals surface area contributed by atoms with Gasteiger partial charge in [-0.15, -0.1) is 0 Å². The fraction of sp³-hybridized carbons (Fsp3) is 0.0968. The summed E-state index contributed by atoms with van der Waals surface area (Å²) >= 11 is 7.70. The SMILES string of the molecule is Cc1ccc(S(=O)(=O)Oc2ccc(/C=C3/SC(=NCc4ccccc4)N(Cc4ccccc4)C3=O)cc2Cl)cc1. The topological polar surface area (TPSA) is 76.0 Å². The van der Waals surface area contributed by atoms with E-state index in [1.165, 1.54) is 30.0 Å². The van der Waals surface area contributed by atoms with Crippen LogP contribution in [0.1, 0.15) is 22.3 Å². The molecule has 1 heterocycles. The Kier molecular flexibility index (Phi) is 8.40. The van der Waals surface area contributed by atoms with E-state index >= 15 is 0 Å². The van der Waals surface area contributed by atoms with Crippen molar-refractivity contribution in [1.82, 2.24) is 4.90 Å². The van der Waals surface area contributed by atoms with Crippen molar-refractivity contribution in [3.05, 3.63) is 135 Å². The van der Waals surface area contributed by atoms with Crippen molar-refractivity contribution in [3.8, 4) is 5.75 Å². The Morgan fingerprint density at radius 1 is 0.900 bits per heavy atom. The first kappa shape index (κ1) is 27.7. The first-order valence-corrected chi connectivity index (χ1v) is 15.0. The molecule has 5 rings (SSSR count). The monoisotopic (exact) mass is 588 g/mol. The van der Waals surface area contributed by atoms with Crippen LogP contribution >= 0.6 is 23.4 Å². The summed E-state index contributed by atoms with van der Waals surface area (Å²) in [5.41, 5.74) is 3.60. The number of thioether (sulfide) groups is 1. The van der Waals surface area contributed by atoms with Crippen LogP contribution in [-0.2, 0) is 28.0 Å². The van der Waals surface area contributed by atoms with Gasteiger partial charge in [-0.25, -0.2) is 0 Å². The van der Waals surface area contributed by atoms with Crippen LogP contribution < -0.4 is 4.18 Å². The van der Waals surface area contributed by atoms with Gasteiger partial charge in [0.2, 0.25) is 0 Å². The normalized spacial score (nSPS) is 15.7. The number of hydrogen-bond acceptors (Lipinski definition) is 6. The summed E-state index contributed by atoms with van der Waals surface area (Å²) in [6.45, 7) is 2.71. The average Bonchev–Trinajstić information content (AvgIpc) is 3.24. The molecule has 1 fully saturated rings. The summed E-state index contributed by atoms with van der Waals surface area (Å²) in [5, 5.41) is 0.721. The summed E-state index contributed by atoms with van der Waals surface area (Å²) in [7, 11) is -4.05. The van der Waals surface area contributed by atoms with Gasteiger partial charge in [-0.3, -0.25) is 14.7 Å². The highest BCUT2D eigenvalue weighted by atomic mass is 35.5. The Morgan fingerprint density at radius 2 is 1.55 bits per heavy atom. The lowest BCUT2D eigenvalue weighted by atomic mass is 10.2. The van der Waals surface area contributed by atoms with E-state index in [1.807, 2.05) is 67.6 Å². The van der Waals surface area contributed by atoms with Crippen molar-refractivity contribution >= 4 is 50.6 Å². The number of hydrogen-bond donors (Lipinski definition) is 0. The third kappa shape index (κ3) is 6.65. The van der Waals surface area contributed by atoms with Crippen molar-refractivity contribution in [2.75, 3.05) is 0 Å². The van der Waals surface area contributed by atoms with Crippen molar-refractivity contribution in [1.29, 1.82) is 0 Å². The van der Waals surface area contributed by atoms with Crippen molar-refractivity contribution in [3.63, 3.8) is 0 Å². The molecule has 4 aromatic carbocycles. The van der Waals surface area contributed by atoms with E-state index < -0.39 is 10.1 Å². The molecule has 0 unspecified atom stereocenters. The van der Waals surface area contributed by atoms with Crippen LogP contribution in [0.15, 0.2) is 118 Å². The maximum Gasteiger partial charge on any atom is 0.339 e. The summed E-state index contributed by atoms with van der Waals surface area (Å²) in [4.78, 5) is 20.4. The standard InChI is InChI=1S/C31H25ClN2O4S2/c1-22-12-15-26(16-13-22)40(36,37)38-28-17-14-25(18-27(28)32)19-29-30(35)34(21-24-10-6-3-7-11-24)31(39-29)33-20-23-8-4-2-5-9-23/h2-19H,20-21H2,1H3/b29-19+,33-31?. The largest absolute Gasteiger partial charge is 0.377 e. The number of halogens is 1. The Labute approximate surface area is 243 Å². The highest BCUT2D eigenvalue weighted by molar-refractivity contribution is 8.18. The number of aryl methyl sites for hydroxylation is 1. The summed E-state index contributed by atoms with van der Waals surface area (Å²) in [5.74, 6) is -0.162. The molecular weight excluding hydrogens is 564 g/mol. The summed E-state index contributed by atoms with van der Waals surface area (Å²) in [6.07, 6.45) is 1.72. The molecule has 0 aromatic heterocycles. The number of carbonyl (C=O) groups excluding carboxylic acids is 1. The number of amidine groups is 1. The molecule has 1 aliphatic heterocycles. The van der Waals surface area contributed by atoms with Crippen molar-refractivity contribution in [2.24, 2.45) is 4.99 Å². The third-order valence-corrected chi connectivity index (χ3v) is 8.66. The fourth-order valence-corrected chi connectivity index (χ4v) is 6.17. The van der Waals surface area contributed by atoms with Gasteiger partial charge in [-0.05, 0) is 65.7 Å². The molecule has 6 nitrogen and oxygen atoms in total. The zero-order chi connectivity index (χ0) is 28.1. The molecule has 4 aromatic rings. The molecule has 9 heteroatoms. The number of benzene rings is 4.